The second-order valence-electron chi connectivity index (χ2n) is 17.9. The normalized spacial score (nSPS) is 15.1. The number of fused-ring (bicyclic) bond motifs is 10. The van der Waals surface area contributed by atoms with Crippen LogP contribution < -0.4 is 0 Å². The molecule has 0 bridgehead atoms. The molecule has 0 saturated carbocycles. The number of hydrogen-bond acceptors (Lipinski definition) is 0. The molecule has 0 atom stereocenters. The van der Waals surface area contributed by atoms with Crippen LogP contribution in [0, 0.1) is 27.7 Å². The lowest BCUT2D eigenvalue weighted by Crippen LogP contribution is -2.15. The van der Waals surface area contributed by atoms with Gasteiger partial charge in [-0.05, 0) is 141 Å². The molecule has 0 amide bonds. The van der Waals surface area contributed by atoms with Crippen molar-refractivity contribution in [2.75, 3.05) is 0 Å². The van der Waals surface area contributed by atoms with Gasteiger partial charge in [-0.3, -0.25) is 0 Å². The average Bonchev–Trinajstić information content (AvgIpc) is 3.80. The summed E-state index contributed by atoms with van der Waals surface area (Å²) in [4.78, 5) is 0. The lowest BCUT2D eigenvalue weighted by Gasteiger charge is -2.23. The summed E-state index contributed by atoms with van der Waals surface area (Å²) < 4.78 is 5.10. The quantitative estimate of drug-likeness (QED) is 0.157. The second-order valence-corrected chi connectivity index (χ2v) is 17.9. The van der Waals surface area contributed by atoms with Gasteiger partial charge in [-0.25, -0.2) is 0 Å². The Morgan fingerprint density at radius 3 is 1.20 bits per heavy atom. The smallest absolute Gasteiger partial charge is 0.0613 e. The minimum Gasteiger partial charge on any atom is -0.313 e. The number of aromatic nitrogens is 2. The molecule has 56 heavy (non-hydrogen) atoms. The largest absolute Gasteiger partial charge is 0.313 e. The molecule has 2 heteroatoms. The summed E-state index contributed by atoms with van der Waals surface area (Å²) in [7, 11) is 0. The van der Waals surface area contributed by atoms with Gasteiger partial charge in [0.05, 0.1) is 11.0 Å². The number of rotatable bonds is 2. The minimum absolute atomic E-state index is 0.0606. The zero-order valence-corrected chi connectivity index (χ0v) is 33.4. The van der Waals surface area contributed by atoms with E-state index in [0.29, 0.717) is 0 Å². The van der Waals surface area contributed by atoms with Crippen LogP contribution in [-0.2, 0) is 10.8 Å². The number of aryl methyl sites for hydroxylation is 2. The predicted molar refractivity (Wildman–Crippen MR) is 238 cm³/mol. The molecule has 0 spiro atoms. The van der Waals surface area contributed by atoms with Crippen LogP contribution in [0.3, 0.4) is 0 Å². The van der Waals surface area contributed by atoms with Crippen molar-refractivity contribution in [3.05, 3.63) is 166 Å². The Labute approximate surface area is 328 Å². The fourth-order valence-electron chi connectivity index (χ4n) is 11.3. The summed E-state index contributed by atoms with van der Waals surface area (Å²) in [6, 6.07) is 46.7. The minimum atomic E-state index is -0.0606. The molecule has 0 unspecified atom stereocenters. The van der Waals surface area contributed by atoms with Gasteiger partial charge in [0.15, 0.2) is 0 Å². The van der Waals surface area contributed by atoms with E-state index in [0.717, 1.165) is 0 Å². The molecule has 2 aliphatic carbocycles. The van der Waals surface area contributed by atoms with Crippen LogP contribution in [0.15, 0.2) is 121 Å². The van der Waals surface area contributed by atoms with Gasteiger partial charge in [-0.1, -0.05) is 113 Å². The first-order chi connectivity index (χ1) is 27.0. The standard InChI is InChI=1S/C54H44N2/c1-29-31(3)55(35-19-23-39-37-13-9-11-15-45(37)53(5,6)47(39)27-35)51-41-21-18-34-26-44-30(2)32(4)56(52(44)42-22-17-33(25-43(29)51)49(41)50(34)42)36-20-24-40-38-14-10-12-16-46(38)54(7,8)48(40)28-36/h9-28H,1-8H3. The Balaban J connectivity index is 1.13. The molecular formula is C54H44N2. The van der Waals surface area contributed by atoms with Gasteiger partial charge in [0.1, 0.15) is 0 Å². The van der Waals surface area contributed by atoms with Crippen LogP contribution in [0.4, 0.5) is 0 Å². The summed E-state index contributed by atoms with van der Waals surface area (Å²) in [6.07, 6.45) is 0. The molecule has 0 aliphatic heterocycles. The van der Waals surface area contributed by atoms with Gasteiger partial charge in [-0.15, -0.1) is 0 Å². The SMILES string of the molecule is Cc1c(C)n(-c2ccc3c(c2)C(C)(C)c2ccccc2-3)c2c1cc1ccc3c4c(ccc2c14)cc1c(C)c(C)n(-c2ccc4c(c2)C(C)(C)c2ccccc2-4)c13. The van der Waals surface area contributed by atoms with Gasteiger partial charge < -0.3 is 9.13 Å². The van der Waals surface area contributed by atoms with Crippen LogP contribution in [0.5, 0.6) is 0 Å². The zero-order chi connectivity index (χ0) is 38.2. The lowest BCUT2D eigenvalue weighted by atomic mass is 9.82. The second kappa shape index (κ2) is 10.4. The predicted octanol–water partition coefficient (Wildman–Crippen LogP) is 14.3. The van der Waals surface area contributed by atoms with E-state index in [4.69, 9.17) is 0 Å². The molecule has 10 aromatic rings. The van der Waals surface area contributed by atoms with E-state index in [-0.39, 0.29) is 10.8 Å². The third kappa shape index (κ3) is 3.73. The highest BCUT2D eigenvalue weighted by molar-refractivity contribution is 6.33. The maximum absolute atomic E-state index is 2.55. The fraction of sp³-hybridized carbons (Fsp3) is 0.185. The maximum atomic E-state index is 2.55. The first kappa shape index (κ1) is 32.2. The summed E-state index contributed by atoms with van der Waals surface area (Å²) >= 11 is 0. The highest BCUT2D eigenvalue weighted by Crippen LogP contribution is 2.52. The average molecular weight is 721 g/mol. The molecular weight excluding hydrogens is 677 g/mol. The number of nitrogens with zero attached hydrogens (tertiary/aromatic N) is 2. The third-order valence-electron chi connectivity index (χ3n) is 14.5. The van der Waals surface area contributed by atoms with Crippen molar-refractivity contribution in [1.82, 2.24) is 9.13 Å². The van der Waals surface area contributed by atoms with E-state index in [9.17, 15) is 0 Å². The van der Waals surface area contributed by atoms with Crippen LogP contribution in [-0.4, -0.2) is 9.13 Å². The summed E-state index contributed by atoms with van der Waals surface area (Å²) in [5.41, 5.74) is 21.3. The summed E-state index contributed by atoms with van der Waals surface area (Å²) in [5.74, 6) is 0. The van der Waals surface area contributed by atoms with E-state index in [1.54, 1.807) is 0 Å². The Kier molecular flexibility index (Phi) is 5.96. The van der Waals surface area contributed by atoms with Crippen LogP contribution in [0.2, 0.25) is 0 Å². The van der Waals surface area contributed by atoms with E-state index in [2.05, 4.69) is 186 Å². The first-order valence-corrected chi connectivity index (χ1v) is 20.2. The molecule has 8 aromatic carbocycles. The molecule has 0 fully saturated rings. The van der Waals surface area contributed by atoms with Crippen molar-refractivity contribution in [3.63, 3.8) is 0 Å². The molecule has 2 nitrogen and oxygen atoms in total. The number of benzene rings is 8. The van der Waals surface area contributed by atoms with E-state index in [1.807, 2.05) is 0 Å². The van der Waals surface area contributed by atoms with Crippen molar-refractivity contribution in [2.45, 2.75) is 66.2 Å². The van der Waals surface area contributed by atoms with E-state index >= 15 is 0 Å². The molecule has 2 aliphatic rings. The Morgan fingerprint density at radius 2 is 0.768 bits per heavy atom. The van der Waals surface area contributed by atoms with Gasteiger partial charge in [0.2, 0.25) is 0 Å². The third-order valence-corrected chi connectivity index (χ3v) is 14.5. The van der Waals surface area contributed by atoms with Crippen LogP contribution >= 0.6 is 0 Å². The van der Waals surface area contributed by atoms with Gasteiger partial charge in [0, 0.05) is 55.1 Å². The van der Waals surface area contributed by atoms with Gasteiger partial charge in [0.25, 0.3) is 0 Å². The maximum Gasteiger partial charge on any atom is 0.0613 e. The summed E-state index contributed by atoms with van der Waals surface area (Å²) in [6.45, 7) is 18.7. The zero-order valence-electron chi connectivity index (χ0n) is 33.4. The van der Waals surface area contributed by atoms with E-state index < -0.39 is 0 Å². The van der Waals surface area contributed by atoms with Gasteiger partial charge >= 0.3 is 0 Å². The molecule has 2 aromatic heterocycles. The van der Waals surface area contributed by atoms with Crippen molar-refractivity contribution in [3.8, 4) is 33.6 Å². The van der Waals surface area contributed by atoms with Crippen molar-refractivity contribution in [1.29, 1.82) is 0 Å². The van der Waals surface area contributed by atoms with Crippen molar-refractivity contribution < 1.29 is 0 Å². The molecule has 2 heterocycles. The Hall–Kier alpha value is -6.12. The highest BCUT2D eigenvalue weighted by Gasteiger charge is 2.37. The fourth-order valence-corrected chi connectivity index (χ4v) is 11.3. The van der Waals surface area contributed by atoms with Gasteiger partial charge in [-0.2, -0.15) is 0 Å². The Morgan fingerprint density at radius 1 is 0.375 bits per heavy atom. The molecule has 0 radical (unpaired) electrons. The lowest BCUT2D eigenvalue weighted by molar-refractivity contribution is 0.659. The number of hydrogen-bond donors (Lipinski definition) is 0. The first-order valence-electron chi connectivity index (χ1n) is 20.2. The summed E-state index contributed by atoms with van der Waals surface area (Å²) in [5, 5.41) is 10.6. The molecule has 0 N–H and O–H groups in total. The molecule has 0 saturated heterocycles. The highest BCUT2D eigenvalue weighted by atomic mass is 15.0. The Bertz CT molecular complexity index is 3170. The van der Waals surface area contributed by atoms with Crippen LogP contribution in [0.1, 0.15) is 72.5 Å². The van der Waals surface area contributed by atoms with Crippen molar-refractivity contribution in [2.24, 2.45) is 0 Å². The topological polar surface area (TPSA) is 9.86 Å². The monoisotopic (exact) mass is 720 g/mol. The van der Waals surface area contributed by atoms with E-state index in [1.165, 1.54) is 133 Å². The molecule has 12 rings (SSSR count). The molecule has 270 valence electrons. The van der Waals surface area contributed by atoms with Crippen LogP contribution in [0.25, 0.3) is 87.8 Å². The van der Waals surface area contributed by atoms with Crippen molar-refractivity contribution >= 4 is 54.1 Å².